The van der Waals surface area contributed by atoms with E-state index in [1.807, 2.05) is 12.1 Å². The van der Waals surface area contributed by atoms with E-state index in [-0.39, 0.29) is 0 Å². The summed E-state index contributed by atoms with van der Waals surface area (Å²) in [7, 11) is 0. The van der Waals surface area contributed by atoms with E-state index in [4.69, 9.17) is 9.47 Å². The molecule has 1 N–H and O–H groups in total. The monoisotopic (exact) mass is 221 g/mol. The van der Waals surface area contributed by atoms with Gasteiger partial charge < -0.3 is 14.8 Å². The summed E-state index contributed by atoms with van der Waals surface area (Å²) >= 11 is 0. The first-order chi connectivity index (χ1) is 7.79. The highest BCUT2D eigenvalue weighted by atomic mass is 16.7. The van der Waals surface area contributed by atoms with E-state index in [1.54, 1.807) is 0 Å². The number of rotatable bonds is 5. The number of hydrogen-bond donors (Lipinski definition) is 1. The average Bonchev–Trinajstić information content (AvgIpc) is 2.74. The Bertz CT molecular complexity index is 352. The fraction of sp³-hybridized carbons (Fsp3) is 0.538. The summed E-state index contributed by atoms with van der Waals surface area (Å²) in [5, 5.41) is 3.49. The van der Waals surface area contributed by atoms with Crippen LogP contribution in [0.3, 0.4) is 0 Å². The summed E-state index contributed by atoms with van der Waals surface area (Å²) in [5.41, 5.74) is 1.24. The molecule has 1 aliphatic heterocycles. The summed E-state index contributed by atoms with van der Waals surface area (Å²) in [5.74, 6) is 1.72. The lowest BCUT2D eigenvalue weighted by Crippen LogP contribution is -2.24. The van der Waals surface area contributed by atoms with Gasteiger partial charge in [0.15, 0.2) is 11.5 Å². The Kier molecular flexibility index (Phi) is 3.67. The lowest BCUT2D eigenvalue weighted by atomic mass is 10.1. The van der Waals surface area contributed by atoms with Gasteiger partial charge in [0.25, 0.3) is 0 Å². The topological polar surface area (TPSA) is 30.5 Å². The highest BCUT2D eigenvalue weighted by Crippen LogP contribution is 2.32. The van der Waals surface area contributed by atoms with Gasteiger partial charge in [-0.15, -0.1) is 0 Å². The predicted octanol–water partition coefficient (Wildman–Crippen LogP) is 2.69. The smallest absolute Gasteiger partial charge is 0.231 e. The van der Waals surface area contributed by atoms with Crippen molar-refractivity contribution >= 4 is 0 Å². The van der Waals surface area contributed by atoms with Crippen LogP contribution in [-0.2, 0) is 6.54 Å². The van der Waals surface area contributed by atoms with Crippen molar-refractivity contribution in [2.75, 3.05) is 6.79 Å². The van der Waals surface area contributed by atoms with Crippen molar-refractivity contribution in [2.45, 2.75) is 39.3 Å². The Hall–Kier alpha value is -1.22. The summed E-state index contributed by atoms with van der Waals surface area (Å²) in [6.07, 6.45) is 2.43. The second-order valence-corrected chi connectivity index (χ2v) is 4.26. The molecular weight excluding hydrogens is 202 g/mol. The standard InChI is InChI=1S/C13H19NO2/c1-3-4-10(2)14-8-11-5-6-12-13(7-11)16-9-15-12/h5-7,10,14H,3-4,8-9H2,1-2H3. The van der Waals surface area contributed by atoms with Gasteiger partial charge >= 0.3 is 0 Å². The molecule has 1 atom stereocenters. The third kappa shape index (κ3) is 2.67. The zero-order valence-electron chi connectivity index (χ0n) is 9.95. The molecule has 1 aromatic rings. The van der Waals surface area contributed by atoms with Crippen LogP contribution in [0, 0.1) is 0 Å². The number of ether oxygens (including phenoxy) is 2. The molecule has 1 heterocycles. The minimum Gasteiger partial charge on any atom is -0.454 e. The first-order valence-electron chi connectivity index (χ1n) is 5.91. The quantitative estimate of drug-likeness (QED) is 0.829. The van der Waals surface area contributed by atoms with Crippen LogP contribution in [0.15, 0.2) is 18.2 Å². The fourth-order valence-corrected chi connectivity index (χ4v) is 1.88. The van der Waals surface area contributed by atoms with Gasteiger partial charge in [0, 0.05) is 12.6 Å². The van der Waals surface area contributed by atoms with Gasteiger partial charge in [-0.1, -0.05) is 19.4 Å². The van der Waals surface area contributed by atoms with Crippen molar-refractivity contribution in [1.29, 1.82) is 0 Å². The highest BCUT2D eigenvalue weighted by Gasteiger charge is 2.13. The van der Waals surface area contributed by atoms with E-state index in [0.717, 1.165) is 18.0 Å². The predicted molar refractivity (Wildman–Crippen MR) is 63.8 cm³/mol. The van der Waals surface area contributed by atoms with E-state index in [9.17, 15) is 0 Å². The minimum atomic E-state index is 0.346. The molecule has 0 amide bonds. The van der Waals surface area contributed by atoms with Crippen molar-refractivity contribution in [2.24, 2.45) is 0 Å². The van der Waals surface area contributed by atoms with Gasteiger partial charge in [-0.25, -0.2) is 0 Å². The summed E-state index contributed by atoms with van der Waals surface area (Å²) in [4.78, 5) is 0. The molecule has 0 fully saturated rings. The molecule has 3 nitrogen and oxygen atoms in total. The zero-order valence-corrected chi connectivity index (χ0v) is 9.95. The van der Waals surface area contributed by atoms with Crippen LogP contribution < -0.4 is 14.8 Å². The molecule has 1 aromatic carbocycles. The van der Waals surface area contributed by atoms with Crippen LogP contribution in [0.25, 0.3) is 0 Å². The maximum atomic E-state index is 5.34. The lowest BCUT2D eigenvalue weighted by molar-refractivity contribution is 0.174. The fourth-order valence-electron chi connectivity index (χ4n) is 1.88. The molecule has 88 valence electrons. The maximum Gasteiger partial charge on any atom is 0.231 e. The molecule has 1 unspecified atom stereocenters. The van der Waals surface area contributed by atoms with Gasteiger partial charge in [0.2, 0.25) is 6.79 Å². The van der Waals surface area contributed by atoms with Crippen molar-refractivity contribution in [1.82, 2.24) is 5.32 Å². The number of hydrogen-bond acceptors (Lipinski definition) is 3. The van der Waals surface area contributed by atoms with Gasteiger partial charge in [-0.05, 0) is 31.0 Å². The van der Waals surface area contributed by atoms with Crippen molar-refractivity contribution in [3.05, 3.63) is 23.8 Å². The second kappa shape index (κ2) is 5.21. The number of fused-ring (bicyclic) bond motifs is 1. The van der Waals surface area contributed by atoms with E-state index < -0.39 is 0 Å². The van der Waals surface area contributed by atoms with Crippen LogP contribution in [0.1, 0.15) is 32.3 Å². The summed E-state index contributed by atoms with van der Waals surface area (Å²) in [6.45, 7) is 5.66. The van der Waals surface area contributed by atoms with Gasteiger partial charge in [-0.2, -0.15) is 0 Å². The zero-order chi connectivity index (χ0) is 11.4. The van der Waals surface area contributed by atoms with Crippen molar-refractivity contribution in [3.8, 4) is 11.5 Å². The van der Waals surface area contributed by atoms with E-state index in [2.05, 4.69) is 25.2 Å². The Morgan fingerprint density at radius 3 is 2.94 bits per heavy atom. The van der Waals surface area contributed by atoms with Crippen LogP contribution in [0.5, 0.6) is 11.5 Å². The molecule has 0 aromatic heterocycles. The molecule has 0 spiro atoms. The van der Waals surface area contributed by atoms with Gasteiger partial charge in [0.05, 0.1) is 0 Å². The SMILES string of the molecule is CCCC(C)NCc1ccc2c(c1)OCO2. The van der Waals surface area contributed by atoms with Crippen LogP contribution >= 0.6 is 0 Å². The van der Waals surface area contributed by atoms with Crippen molar-refractivity contribution < 1.29 is 9.47 Å². The molecule has 2 rings (SSSR count). The Labute approximate surface area is 96.8 Å². The van der Waals surface area contributed by atoms with Crippen LogP contribution in [-0.4, -0.2) is 12.8 Å². The molecular formula is C13H19NO2. The van der Waals surface area contributed by atoms with E-state index >= 15 is 0 Å². The first-order valence-corrected chi connectivity index (χ1v) is 5.91. The molecule has 3 heteroatoms. The number of nitrogens with one attached hydrogen (secondary N) is 1. The summed E-state index contributed by atoms with van der Waals surface area (Å²) in [6, 6.07) is 6.67. The molecule has 0 saturated carbocycles. The average molecular weight is 221 g/mol. The molecule has 16 heavy (non-hydrogen) atoms. The first kappa shape index (κ1) is 11.3. The third-order valence-corrected chi connectivity index (χ3v) is 2.81. The van der Waals surface area contributed by atoms with Crippen LogP contribution in [0.2, 0.25) is 0 Å². The third-order valence-electron chi connectivity index (χ3n) is 2.81. The van der Waals surface area contributed by atoms with E-state index in [0.29, 0.717) is 12.8 Å². The van der Waals surface area contributed by atoms with E-state index in [1.165, 1.54) is 18.4 Å². The highest BCUT2D eigenvalue weighted by molar-refractivity contribution is 5.44. The summed E-state index contributed by atoms with van der Waals surface area (Å²) < 4.78 is 10.6. The molecule has 0 aliphatic carbocycles. The lowest BCUT2D eigenvalue weighted by Gasteiger charge is -2.12. The van der Waals surface area contributed by atoms with Gasteiger partial charge in [-0.3, -0.25) is 0 Å². The number of benzene rings is 1. The minimum absolute atomic E-state index is 0.346. The normalized spacial score (nSPS) is 15.1. The largest absolute Gasteiger partial charge is 0.454 e. The van der Waals surface area contributed by atoms with Crippen LogP contribution in [0.4, 0.5) is 0 Å². The second-order valence-electron chi connectivity index (χ2n) is 4.26. The Morgan fingerprint density at radius 2 is 2.12 bits per heavy atom. The Balaban J connectivity index is 1.90. The van der Waals surface area contributed by atoms with Gasteiger partial charge in [0.1, 0.15) is 0 Å². The maximum absolute atomic E-state index is 5.34. The molecule has 0 saturated heterocycles. The molecule has 0 bridgehead atoms. The Morgan fingerprint density at radius 1 is 1.31 bits per heavy atom. The molecule has 0 radical (unpaired) electrons. The van der Waals surface area contributed by atoms with Crippen molar-refractivity contribution in [3.63, 3.8) is 0 Å². The molecule has 1 aliphatic rings.